The summed E-state index contributed by atoms with van der Waals surface area (Å²) in [4.78, 5) is 13.4. The number of esters is 1. The number of carbonyl (C=O) groups excluding carboxylic acids is 1. The van der Waals surface area contributed by atoms with E-state index in [-0.39, 0.29) is 23.0 Å². The second-order valence-corrected chi connectivity index (χ2v) is 9.59. The molecule has 2 N–H and O–H groups in total. The van der Waals surface area contributed by atoms with Crippen molar-refractivity contribution in [3.63, 3.8) is 0 Å². The van der Waals surface area contributed by atoms with E-state index in [1.807, 2.05) is 6.92 Å². The second-order valence-electron chi connectivity index (χ2n) is 9.59. The van der Waals surface area contributed by atoms with Gasteiger partial charge in [-0.1, -0.05) is 25.1 Å². The Labute approximate surface area is 227 Å². The van der Waals surface area contributed by atoms with Crippen LogP contribution in [0.25, 0.3) is 11.1 Å². The van der Waals surface area contributed by atoms with E-state index < -0.39 is 23.6 Å². The molecule has 39 heavy (non-hydrogen) atoms. The van der Waals surface area contributed by atoms with E-state index in [1.165, 1.54) is 35.5 Å². The monoisotopic (exact) mass is 538 g/mol. The molecule has 0 fully saturated rings. The summed E-state index contributed by atoms with van der Waals surface area (Å²) in [6.07, 6.45) is -0.867. The van der Waals surface area contributed by atoms with Crippen molar-refractivity contribution >= 4 is 5.97 Å². The summed E-state index contributed by atoms with van der Waals surface area (Å²) in [5.41, 5.74) is 0.822. The van der Waals surface area contributed by atoms with Crippen LogP contribution >= 0.6 is 0 Å². The molecule has 0 saturated carbocycles. The molecule has 0 amide bonds. The number of fused-ring (bicyclic) bond motifs is 3. The van der Waals surface area contributed by atoms with Crippen molar-refractivity contribution in [3.05, 3.63) is 59.2 Å². The average molecular weight is 539 g/mol. The number of methoxy groups -OCH3 is 5. The molecule has 0 radical (unpaired) electrons. The number of phenolic OH excluding ortho intramolecular Hbond substituents is 1. The molecule has 3 atom stereocenters. The van der Waals surface area contributed by atoms with Gasteiger partial charge in [0.05, 0.1) is 41.1 Å². The van der Waals surface area contributed by atoms with Crippen LogP contribution in [-0.2, 0) is 11.2 Å². The van der Waals surface area contributed by atoms with Crippen LogP contribution in [0.1, 0.15) is 41.4 Å². The number of carbonyl (C=O) groups is 1. The van der Waals surface area contributed by atoms with Crippen LogP contribution in [0.5, 0.6) is 34.5 Å². The molecule has 1 aliphatic carbocycles. The molecule has 9 heteroatoms. The van der Waals surface area contributed by atoms with Crippen LogP contribution < -0.4 is 23.7 Å². The number of aromatic hydroxyl groups is 1. The minimum atomic E-state index is -1.57. The van der Waals surface area contributed by atoms with Crippen molar-refractivity contribution in [1.29, 1.82) is 0 Å². The van der Waals surface area contributed by atoms with Gasteiger partial charge in [0, 0.05) is 16.7 Å². The lowest BCUT2D eigenvalue weighted by Gasteiger charge is -2.41. The highest BCUT2D eigenvalue weighted by atomic mass is 16.6. The van der Waals surface area contributed by atoms with E-state index in [1.54, 1.807) is 49.4 Å². The van der Waals surface area contributed by atoms with Crippen LogP contribution in [0, 0.1) is 5.92 Å². The fraction of sp³-hybridized carbons (Fsp3) is 0.367. The number of aliphatic hydroxyl groups is 1. The van der Waals surface area contributed by atoms with Crippen molar-refractivity contribution < 1.29 is 43.4 Å². The quantitative estimate of drug-likeness (QED) is 0.404. The van der Waals surface area contributed by atoms with Crippen molar-refractivity contribution in [3.8, 4) is 45.6 Å². The summed E-state index contributed by atoms with van der Waals surface area (Å²) < 4.78 is 34.6. The third kappa shape index (κ3) is 4.67. The summed E-state index contributed by atoms with van der Waals surface area (Å²) >= 11 is 0. The normalized spacial score (nSPS) is 20.0. The fourth-order valence-corrected chi connectivity index (χ4v) is 5.19. The summed E-state index contributed by atoms with van der Waals surface area (Å²) in [5.74, 6) is 0.0690. The molecule has 0 aromatic heterocycles. The van der Waals surface area contributed by atoms with E-state index >= 15 is 0 Å². The van der Waals surface area contributed by atoms with Gasteiger partial charge >= 0.3 is 5.97 Å². The minimum Gasteiger partial charge on any atom is -0.504 e. The smallest absolute Gasteiger partial charge is 0.338 e. The van der Waals surface area contributed by atoms with Crippen LogP contribution in [0.2, 0.25) is 0 Å². The number of hydrogen-bond acceptors (Lipinski definition) is 9. The van der Waals surface area contributed by atoms with E-state index in [2.05, 4.69) is 0 Å². The molecule has 4 rings (SSSR count). The summed E-state index contributed by atoms with van der Waals surface area (Å²) in [5, 5.41) is 22.8. The van der Waals surface area contributed by atoms with E-state index in [4.69, 9.17) is 28.4 Å². The van der Waals surface area contributed by atoms with Gasteiger partial charge < -0.3 is 38.6 Å². The zero-order chi connectivity index (χ0) is 28.5. The first kappa shape index (κ1) is 27.9. The highest BCUT2D eigenvalue weighted by molar-refractivity contribution is 5.91. The Morgan fingerprint density at radius 2 is 1.44 bits per heavy atom. The molecule has 0 heterocycles. The molecule has 208 valence electrons. The van der Waals surface area contributed by atoms with Gasteiger partial charge in [0.2, 0.25) is 11.5 Å². The molecule has 0 saturated heterocycles. The zero-order valence-electron chi connectivity index (χ0n) is 23.2. The second kappa shape index (κ2) is 10.9. The summed E-state index contributed by atoms with van der Waals surface area (Å²) in [6.45, 7) is 3.48. The maximum absolute atomic E-state index is 13.4. The lowest BCUT2D eigenvalue weighted by atomic mass is 9.73. The van der Waals surface area contributed by atoms with Crippen LogP contribution in [-0.4, -0.2) is 57.3 Å². The number of rotatable bonds is 7. The van der Waals surface area contributed by atoms with Gasteiger partial charge in [0.15, 0.2) is 29.1 Å². The predicted octanol–water partition coefficient (Wildman–Crippen LogP) is 4.94. The van der Waals surface area contributed by atoms with Crippen molar-refractivity contribution in [2.45, 2.75) is 32.0 Å². The van der Waals surface area contributed by atoms with E-state index in [0.717, 1.165) is 0 Å². The Kier molecular flexibility index (Phi) is 7.83. The van der Waals surface area contributed by atoms with Crippen LogP contribution in [0.15, 0.2) is 42.5 Å². The van der Waals surface area contributed by atoms with Gasteiger partial charge in [-0.25, -0.2) is 4.79 Å². The molecule has 9 nitrogen and oxygen atoms in total. The molecule has 1 unspecified atom stereocenters. The Morgan fingerprint density at radius 1 is 0.846 bits per heavy atom. The van der Waals surface area contributed by atoms with Crippen molar-refractivity contribution in [2.75, 3.05) is 35.5 Å². The van der Waals surface area contributed by atoms with Gasteiger partial charge in [0.25, 0.3) is 0 Å². The van der Waals surface area contributed by atoms with Gasteiger partial charge in [-0.05, 0) is 49.1 Å². The highest BCUT2D eigenvalue weighted by Crippen LogP contribution is 2.58. The van der Waals surface area contributed by atoms with Gasteiger partial charge in [0.1, 0.15) is 5.60 Å². The van der Waals surface area contributed by atoms with E-state index in [9.17, 15) is 15.0 Å². The fourth-order valence-electron chi connectivity index (χ4n) is 5.19. The van der Waals surface area contributed by atoms with Crippen LogP contribution in [0.3, 0.4) is 0 Å². The molecule has 0 spiro atoms. The number of hydrogen-bond donors (Lipinski definition) is 2. The minimum absolute atomic E-state index is 0.117. The van der Waals surface area contributed by atoms with Gasteiger partial charge in [-0.3, -0.25) is 0 Å². The summed E-state index contributed by atoms with van der Waals surface area (Å²) in [7, 11) is 7.34. The Hall–Kier alpha value is -4.11. The van der Waals surface area contributed by atoms with E-state index in [0.29, 0.717) is 45.7 Å². The maximum Gasteiger partial charge on any atom is 0.338 e. The van der Waals surface area contributed by atoms with Gasteiger partial charge in [-0.15, -0.1) is 0 Å². The largest absolute Gasteiger partial charge is 0.504 e. The lowest BCUT2D eigenvalue weighted by molar-refractivity contribution is -0.107. The molecular weight excluding hydrogens is 504 g/mol. The summed E-state index contributed by atoms with van der Waals surface area (Å²) in [6, 6.07) is 11.8. The molecule has 0 bridgehead atoms. The molecule has 0 aliphatic heterocycles. The van der Waals surface area contributed by atoms with Crippen molar-refractivity contribution in [2.24, 2.45) is 5.92 Å². The lowest BCUT2D eigenvalue weighted by Crippen LogP contribution is -2.43. The standard InChI is InChI=1S/C30H34O9/c1-16-13-18-14-20(31)24(35-4)26(37-6)22(18)23-19(15-21(34-3)25(36-5)27(23)38-7)28(30(16,2)33)39-29(32)17-11-9-8-10-12-17/h8-12,14-16,28,31,33H,13H2,1-7H3/t16-,28?,30+/m0/s1. The first-order valence-corrected chi connectivity index (χ1v) is 12.4. The topological polar surface area (TPSA) is 113 Å². The first-order valence-electron chi connectivity index (χ1n) is 12.4. The average Bonchev–Trinajstić information content (AvgIpc) is 2.94. The molecule has 3 aromatic carbocycles. The SMILES string of the molecule is COc1cc2c(c(OC)c1OC)-c1c(cc(O)c(OC)c1OC)C[C@H](C)[C@@](C)(O)C2OC(=O)c1ccccc1. The Morgan fingerprint density at radius 3 is 2.00 bits per heavy atom. The zero-order valence-corrected chi connectivity index (χ0v) is 23.2. The molecule has 3 aromatic rings. The number of ether oxygens (including phenoxy) is 6. The Bertz CT molecular complexity index is 1370. The highest BCUT2D eigenvalue weighted by Gasteiger charge is 2.46. The number of benzene rings is 3. The van der Waals surface area contributed by atoms with Crippen molar-refractivity contribution in [1.82, 2.24) is 0 Å². The third-order valence-electron chi connectivity index (χ3n) is 7.39. The third-order valence-corrected chi connectivity index (χ3v) is 7.39. The molecule has 1 aliphatic rings. The van der Waals surface area contributed by atoms with Crippen LogP contribution in [0.4, 0.5) is 0 Å². The predicted molar refractivity (Wildman–Crippen MR) is 144 cm³/mol. The van der Waals surface area contributed by atoms with Gasteiger partial charge in [-0.2, -0.15) is 0 Å². The maximum atomic E-state index is 13.4. The number of phenols is 1. The molecular formula is C30H34O9. The Balaban J connectivity index is 2.14. The first-order chi connectivity index (χ1) is 18.6.